The normalized spacial score (nSPS) is 42.6. The van der Waals surface area contributed by atoms with Gasteiger partial charge in [-0.3, -0.25) is 0 Å². The maximum absolute atomic E-state index is 3.78. The molecule has 0 bridgehead atoms. The van der Waals surface area contributed by atoms with Crippen LogP contribution in [0.25, 0.3) is 0 Å². The van der Waals surface area contributed by atoms with E-state index in [2.05, 4.69) is 37.8 Å². The van der Waals surface area contributed by atoms with Crippen molar-refractivity contribution in [1.82, 2.24) is 5.32 Å². The molecular formula is C12H23NS. The SMILES string of the molecule is CC1CC(C)(C)CCC12NCCCS2. The highest BCUT2D eigenvalue weighted by atomic mass is 32.2. The minimum atomic E-state index is 0.438. The molecule has 0 aromatic heterocycles. The summed E-state index contributed by atoms with van der Waals surface area (Å²) in [7, 11) is 0. The summed E-state index contributed by atoms with van der Waals surface area (Å²) in [6.07, 6.45) is 5.48. The summed E-state index contributed by atoms with van der Waals surface area (Å²) in [6.45, 7) is 8.51. The number of thioether (sulfide) groups is 1. The molecule has 1 saturated heterocycles. The summed E-state index contributed by atoms with van der Waals surface area (Å²) < 4.78 is 0. The smallest absolute Gasteiger partial charge is 0.0671 e. The highest BCUT2D eigenvalue weighted by Crippen LogP contribution is 2.49. The molecule has 1 N–H and O–H groups in total. The third-order valence-corrected chi connectivity index (χ3v) is 5.69. The van der Waals surface area contributed by atoms with E-state index in [1.165, 1.54) is 38.0 Å². The molecule has 2 unspecified atom stereocenters. The van der Waals surface area contributed by atoms with Crippen LogP contribution < -0.4 is 5.32 Å². The van der Waals surface area contributed by atoms with Gasteiger partial charge in [-0.05, 0) is 49.3 Å². The molecule has 14 heavy (non-hydrogen) atoms. The summed E-state index contributed by atoms with van der Waals surface area (Å²) in [4.78, 5) is 0.438. The Morgan fingerprint density at radius 1 is 1.29 bits per heavy atom. The van der Waals surface area contributed by atoms with Gasteiger partial charge in [0.15, 0.2) is 0 Å². The molecular weight excluding hydrogens is 190 g/mol. The Labute approximate surface area is 92.4 Å². The van der Waals surface area contributed by atoms with Crippen LogP contribution >= 0.6 is 11.8 Å². The van der Waals surface area contributed by atoms with Crippen LogP contribution in [0.5, 0.6) is 0 Å². The summed E-state index contributed by atoms with van der Waals surface area (Å²) in [5, 5.41) is 3.78. The first-order valence-electron chi connectivity index (χ1n) is 5.93. The van der Waals surface area contributed by atoms with Gasteiger partial charge in [0, 0.05) is 0 Å². The molecule has 82 valence electrons. The van der Waals surface area contributed by atoms with Crippen molar-refractivity contribution in [1.29, 1.82) is 0 Å². The molecule has 2 atom stereocenters. The van der Waals surface area contributed by atoms with Crippen molar-refractivity contribution < 1.29 is 0 Å². The maximum atomic E-state index is 3.78. The second-order valence-electron chi connectivity index (χ2n) is 5.79. The molecule has 2 heteroatoms. The van der Waals surface area contributed by atoms with Crippen molar-refractivity contribution >= 4 is 11.8 Å². The van der Waals surface area contributed by atoms with Gasteiger partial charge < -0.3 is 5.32 Å². The Morgan fingerprint density at radius 3 is 2.64 bits per heavy atom. The molecule has 0 amide bonds. The lowest BCUT2D eigenvalue weighted by molar-refractivity contribution is 0.128. The minimum absolute atomic E-state index is 0.438. The van der Waals surface area contributed by atoms with E-state index in [0.29, 0.717) is 10.3 Å². The van der Waals surface area contributed by atoms with Gasteiger partial charge in [-0.25, -0.2) is 0 Å². The Morgan fingerprint density at radius 2 is 2.07 bits per heavy atom. The quantitative estimate of drug-likeness (QED) is 0.663. The first-order chi connectivity index (χ1) is 6.54. The number of hydrogen-bond donors (Lipinski definition) is 1. The molecule has 1 aliphatic carbocycles. The molecule has 2 fully saturated rings. The second-order valence-corrected chi connectivity index (χ2v) is 7.21. The molecule has 1 heterocycles. The van der Waals surface area contributed by atoms with Crippen molar-refractivity contribution in [2.45, 2.75) is 51.3 Å². The van der Waals surface area contributed by atoms with Crippen molar-refractivity contribution in [2.75, 3.05) is 12.3 Å². The third kappa shape index (κ3) is 1.96. The van der Waals surface area contributed by atoms with Crippen LogP contribution in [0.15, 0.2) is 0 Å². The van der Waals surface area contributed by atoms with Crippen molar-refractivity contribution in [3.63, 3.8) is 0 Å². The standard InChI is InChI=1S/C12H23NS/c1-10-9-11(2,3)5-6-12(10)13-7-4-8-14-12/h10,13H,4-9H2,1-3H3. The van der Waals surface area contributed by atoms with E-state index in [4.69, 9.17) is 0 Å². The van der Waals surface area contributed by atoms with E-state index in [1.54, 1.807) is 0 Å². The van der Waals surface area contributed by atoms with Crippen LogP contribution in [0.1, 0.15) is 46.5 Å². The Kier molecular flexibility index (Phi) is 2.87. The lowest BCUT2D eigenvalue weighted by Crippen LogP contribution is -2.54. The van der Waals surface area contributed by atoms with Gasteiger partial charge in [-0.1, -0.05) is 20.8 Å². The summed E-state index contributed by atoms with van der Waals surface area (Å²) >= 11 is 2.18. The first kappa shape index (κ1) is 10.8. The molecule has 0 radical (unpaired) electrons. The topological polar surface area (TPSA) is 12.0 Å². The fourth-order valence-corrected chi connectivity index (χ4v) is 4.49. The van der Waals surface area contributed by atoms with Gasteiger partial charge in [0.2, 0.25) is 0 Å². The highest BCUT2D eigenvalue weighted by Gasteiger charge is 2.44. The lowest BCUT2D eigenvalue weighted by Gasteiger charge is -2.50. The Hall–Kier alpha value is 0.310. The molecule has 1 nitrogen and oxygen atoms in total. The number of hydrogen-bond acceptors (Lipinski definition) is 2. The zero-order valence-corrected chi connectivity index (χ0v) is 10.5. The van der Waals surface area contributed by atoms with E-state index in [0.717, 1.165) is 5.92 Å². The van der Waals surface area contributed by atoms with Gasteiger partial charge in [0.1, 0.15) is 0 Å². The average Bonchev–Trinajstić information content (AvgIpc) is 2.14. The largest absolute Gasteiger partial charge is 0.303 e. The second kappa shape index (κ2) is 3.71. The summed E-state index contributed by atoms with van der Waals surface area (Å²) in [6, 6.07) is 0. The molecule has 2 rings (SSSR count). The van der Waals surface area contributed by atoms with Crippen molar-refractivity contribution in [3.05, 3.63) is 0 Å². The average molecular weight is 213 g/mol. The summed E-state index contributed by atoms with van der Waals surface area (Å²) in [5.41, 5.74) is 0.574. The van der Waals surface area contributed by atoms with E-state index >= 15 is 0 Å². The predicted octanol–water partition coefficient (Wildman–Crippen LogP) is 3.26. The molecule has 1 saturated carbocycles. The highest BCUT2D eigenvalue weighted by molar-refractivity contribution is 8.00. The van der Waals surface area contributed by atoms with E-state index in [-0.39, 0.29) is 0 Å². The molecule has 2 aliphatic rings. The van der Waals surface area contributed by atoms with Crippen LogP contribution in [-0.4, -0.2) is 17.2 Å². The van der Waals surface area contributed by atoms with Gasteiger partial charge in [0.05, 0.1) is 4.87 Å². The van der Waals surface area contributed by atoms with Crippen LogP contribution in [0, 0.1) is 11.3 Å². The number of rotatable bonds is 0. The van der Waals surface area contributed by atoms with Crippen molar-refractivity contribution in [3.8, 4) is 0 Å². The van der Waals surface area contributed by atoms with Gasteiger partial charge in [-0.2, -0.15) is 0 Å². The zero-order valence-electron chi connectivity index (χ0n) is 9.73. The van der Waals surface area contributed by atoms with Gasteiger partial charge >= 0.3 is 0 Å². The van der Waals surface area contributed by atoms with E-state index in [9.17, 15) is 0 Å². The molecule has 1 spiro atoms. The van der Waals surface area contributed by atoms with Crippen molar-refractivity contribution in [2.24, 2.45) is 11.3 Å². The molecule has 0 aromatic rings. The monoisotopic (exact) mass is 213 g/mol. The van der Waals surface area contributed by atoms with Crippen LogP contribution in [0.4, 0.5) is 0 Å². The molecule has 1 aliphatic heterocycles. The van der Waals surface area contributed by atoms with Crippen LogP contribution in [0.2, 0.25) is 0 Å². The fraction of sp³-hybridized carbons (Fsp3) is 1.00. The van der Waals surface area contributed by atoms with Crippen LogP contribution in [-0.2, 0) is 0 Å². The number of nitrogens with one attached hydrogen (secondary N) is 1. The fourth-order valence-electron chi connectivity index (χ4n) is 3.02. The maximum Gasteiger partial charge on any atom is 0.0671 e. The van der Waals surface area contributed by atoms with Gasteiger partial charge in [-0.15, -0.1) is 11.8 Å². The van der Waals surface area contributed by atoms with E-state index in [1.807, 2.05) is 0 Å². The Bertz CT molecular complexity index is 206. The third-order valence-electron chi connectivity index (χ3n) is 3.93. The first-order valence-corrected chi connectivity index (χ1v) is 6.92. The van der Waals surface area contributed by atoms with Crippen LogP contribution in [0.3, 0.4) is 0 Å². The Balaban J connectivity index is 2.06. The molecule has 0 aromatic carbocycles. The minimum Gasteiger partial charge on any atom is -0.303 e. The van der Waals surface area contributed by atoms with E-state index < -0.39 is 0 Å². The van der Waals surface area contributed by atoms with Gasteiger partial charge in [0.25, 0.3) is 0 Å². The summed E-state index contributed by atoms with van der Waals surface area (Å²) in [5.74, 6) is 2.19. The zero-order chi connectivity index (χ0) is 10.2. The predicted molar refractivity (Wildman–Crippen MR) is 64.6 cm³/mol. The lowest BCUT2D eigenvalue weighted by atomic mass is 9.70.